The van der Waals surface area contributed by atoms with Crippen LogP contribution in [0, 0.1) is 5.82 Å². The fourth-order valence-electron chi connectivity index (χ4n) is 2.15. The zero-order valence-corrected chi connectivity index (χ0v) is 13.2. The summed E-state index contributed by atoms with van der Waals surface area (Å²) in [7, 11) is -0.839. The van der Waals surface area contributed by atoms with Crippen molar-refractivity contribution in [1.82, 2.24) is 9.55 Å². The van der Waals surface area contributed by atoms with Crippen molar-refractivity contribution in [2.75, 3.05) is 12.1 Å². The number of hydrogen-bond donors (Lipinski definition) is 0. The molecule has 0 aliphatic rings. The molecule has 2 rings (SSSR count). The minimum absolute atomic E-state index is 0.122. The molecule has 0 radical (unpaired) electrons. The third-order valence-electron chi connectivity index (χ3n) is 3.43. The van der Waals surface area contributed by atoms with Crippen LogP contribution in [0.25, 0.3) is 11.0 Å². The van der Waals surface area contributed by atoms with E-state index in [1.54, 1.807) is 12.3 Å². The van der Waals surface area contributed by atoms with Crippen LogP contribution in [-0.4, -0.2) is 31.1 Å². The van der Waals surface area contributed by atoms with E-state index in [1.165, 1.54) is 12.1 Å². The first kappa shape index (κ1) is 15.4. The number of fused-ring (bicyclic) bond motifs is 1. The summed E-state index contributed by atoms with van der Waals surface area (Å²) in [5.74, 6) is 1.04. The maximum atomic E-state index is 13.3. The van der Waals surface area contributed by atoms with Crippen LogP contribution in [0.15, 0.2) is 18.2 Å². The van der Waals surface area contributed by atoms with Gasteiger partial charge in [-0.2, -0.15) is 0 Å². The van der Waals surface area contributed by atoms with Crippen LogP contribution < -0.4 is 0 Å². The highest BCUT2D eigenvalue weighted by Crippen LogP contribution is 2.19. The average Bonchev–Trinajstić information content (AvgIpc) is 2.72. The summed E-state index contributed by atoms with van der Waals surface area (Å²) in [4.78, 5) is 4.45. The number of rotatable bonds is 6. The lowest BCUT2D eigenvalue weighted by Crippen LogP contribution is -2.14. The Kier molecular flexibility index (Phi) is 5.16. The topological polar surface area (TPSA) is 34.9 Å². The number of aryl methyl sites for hydroxylation is 2. The Morgan fingerprint density at radius 2 is 2.25 bits per heavy atom. The molecule has 20 heavy (non-hydrogen) atoms. The summed E-state index contributed by atoms with van der Waals surface area (Å²) in [6.07, 6.45) is 3.15. The van der Waals surface area contributed by atoms with Gasteiger partial charge in [-0.25, -0.2) is 9.37 Å². The molecule has 0 aliphatic heterocycles. The molecule has 2 unspecified atom stereocenters. The van der Waals surface area contributed by atoms with E-state index in [0.717, 1.165) is 24.3 Å². The molecule has 1 aromatic carbocycles. The summed E-state index contributed by atoms with van der Waals surface area (Å²) < 4.78 is 26.8. The van der Waals surface area contributed by atoms with Gasteiger partial charge in [0.05, 0.1) is 11.0 Å². The molecule has 0 bridgehead atoms. The molecule has 1 aromatic heterocycles. The second kappa shape index (κ2) is 6.68. The lowest BCUT2D eigenvalue weighted by atomic mass is 10.3. The SMILES string of the molecule is CC(CCn1c(CCCl)nc2cc(F)ccc21)S(C)=O. The maximum Gasteiger partial charge on any atom is 0.125 e. The molecule has 6 heteroatoms. The number of aromatic nitrogens is 2. The van der Waals surface area contributed by atoms with E-state index in [-0.39, 0.29) is 11.1 Å². The van der Waals surface area contributed by atoms with Crippen molar-refractivity contribution in [1.29, 1.82) is 0 Å². The predicted molar refractivity (Wildman–Crippen MR) is 82.3 cm³/mol. The Bertz CT molecular complexity index is 629. The van der Waals surface area contributed by atoms with Crippen molar-refractivity contribution in [2.45, 2.75) is 31.6 Å². The Morgan fingerprint density at radius 1 is 1.50 bits per heavy atom. The van der Waals surface area contributed by atoms with Crippen molar-refractivity contribution < 1.29 is 8.60 Å². The summed E-state index contributed by atoms with van der Waals surface area (Å²) in [6.45, 7) is 2.69. The first-order chi connectivity index (χ1) is 9.52. The van der Waals surface area contributed by atoms with Crippen LogP contribution in [0.1, 0.15) is 19.2 Å². The molecule has 1 heterocycles. The highest BCUT2D eigenvalue weighted by molar-refractivity contribution is 7.84. The van der Waals surface area contributed by atoms with Gasteiger partial charge in [0.15, 0.2) is 0 Å². The lowest BCUT2D eigenvalue weighted by molar-refractivity contribution is 0.610. The van der Waals surface area contributed by atoms with E-state index in [1.807, 2.05) is 6.92 Å². The van der Waals surface area contributed by atoms with Crippen LogP contribution >= 0.6 is 11.6 Å². The van der Waals surface area contributed by atoms with Crippen molar-refractivity contribution in [3.8, 4) is 0 Å². The van der Waals surface area contributed by atoms with Gasteiger partial charge in [-0.3, -0.25) is 4.21 Å². The van der Waals surface area contributed by atoms with Crippen molar-refractivity contribution in [2.24, 2.45) is 0 Å². The molecule has 2 atom stereocenters. The predicted octanol–water partition coefficient (Wildman–Crippen LogP) is 3.11. The van der Waals surface area contributed by atoms with E-state index in [4.69, 9.17) is 11.6 Å². The molecule has 110 valence electrons. The second-order valence-corrected chi connectivity index (χ2v) is 7.03. The molecule has 0 spiro atoms. The van der Waals surface area contributed by atoms with Gasteiger partial charge in [-0.1, -0.05) is 6.92 Å². The van der Waals surface area contributed by atoms with Gasteiger partial charge < -0.3 is 4.57 Å². The average molecular weight is 317 g/mol. The molecule has 0 fully saturated rings. The van der Waals surface area contributed by atoms with Gasteiger partial charge in [-0.05, 0) is 18.6 Å². The van der Waals surface area contributed by atoms with Crippen molar-refractivity contribution in [3.63, 3.8) is 0 Å². The molecular formula is C14H18ClFN2OS. The number of imidazole rings is 1. The third-order valence-corrected chi connectivity index (χ3v) is 4.99. The van der Waals surface area contributed by atoms with Gasteiger partial charge in [0.25, 0.3) is 0 Å². The van der Waals surface area contributed by atoms with Crippen molar-refractivity contribution >= 4 is 33.4 Å². The molecular weight excluding hydrogens is 299 g/mol. The van der Waals surface area contributed by atoms with Crippen LogP contribution in [0.3, 0.4) is 0 Å². The largest absolute Gasteiger partial charge is 0.328 e. The van der Waals surface area contributed by atoms with Gasteiger partial charge in [-0.15, -0.1) is 11.6 Å². The lowest BCUT2D eigenvalue weighted by Gasteiger charge is -2.12. The monoisotopic (exact) mass is 316 g/mol. The van der Waals surface area contributed by atoms with Crippen molar-refractivity contribution in [3.05, 3.63) is 29.8 Å². The fourth-order valence-corrected chi connectivity index (χ4v) is 2.76. The summed E-state index contributed by atoms with van der Waals surface area (Å²) in [5.41, 5.74) is 1.55. The molecule has 0 amide bonds. The number of alkyl halides is 1. The quantitative estimate of drug-likeness (QED) is 0.768. The zero-order valence-electron chi connectivity index (χ0n) is 11.6. The van der Waals surface area contributed by atoms with Gasteiger partial charge in [0.2, 0.25) is 0 Å². The fraction of sp³-hybridized carbons (Fsp3) is 0.500. The normalized spacial score (nSPS) is 14.6. The number of halogens is 2. The molecule has 0 aliphatic carbocycles. The Morgan fingerprint density at radius 3 is 2.90 bits per heavy atom. The number of hydrogen-bond acceptors (Lipinski definition) is 2. The first-order valence-corrected chi connectivity index (χ1v) is 8.71. The summed E-state index contributed by atoms with van der Waals surface area (Å²) >= 11 is 5.80. The molecule has 0 saturated carbocycles. The van der Waals surface area contributed by atoms with Gasteiger partial charge in [0, 0.05) is 47.2 Å². The Labute approximate surface area is 125 Å². The number of benzene rings is 1. The molecule has 0 saturated heterocycles. The summed E-state index contributed by atoms with van der Waals surface area (Å²) in [6, 6.07) is 4.61. The van der Waals surface area contributed by atoms with E-state index in [2.05, 4.69) is 9.55 Å². The maximum absolute atomic E-state index is 13.3. The Balaban J connectivity index is 2.33. The van der Waals surface area contributed by atoms with E-state index >= 15 is 0 Å². The van der Waals surface area contributed by atoms with Crippen LogP contribution in [-0.2, 0) is 23.8 Å². The zero-order chi connectivity index (χ0) is 14.7. The minimum Gasteiger partial charge on any atom is -0.328 e. The number of nitrogens with zero attached hydrogens (tertiary/aromatic N) is 2. The van der Waals surface area contributed by atoms with E-state index in [0.29, 0.717) is 17.8 Å². The summed E-state index contributed by atoms with van der Waals surface area (Å²) in [5, 5.41) is 0.122. The highest BCUT2D eigenvalue weighted by Gasteiger charge is 2.13. The standard InChI is InChI=1S/C14H18ClFN2OS/c1-10(20(2)19)6-8-18-13-4-3-11(16)9-12(13)17-14(18)5-7-15/h3-4,9-10H,5-8H2,1-2H3. The van der Waals surface area contributed by atoms with Crippen LogP contribution in [0.2, 0.25) is 0 Å². The molecule has 3 nitrogen and oxygen atoms in total. The third kappa shape index (κ3) is 3.38. The van der Waals surface area contributed by atoms with Crippen LogP contribution in [0.4, 0.5) is 4.39 Å². The molecule has 2 aromatic rings. The van der Waals surface area contributed by atoms with Crippen LogP contribution in [0.5, 0.6) is 0 Å². The highest BCUT2D eigenvalue weighted by atomic mass is 35.5. The molecule has 0 N–H and O–H groups in total. The smallest absolute Gasteiger partial charge is 0.125 e. The Hall–Kier alpha value is -0.940. The minimum atomic E-state index is -0.839. The van der Waals surface area contributed by atoms with E-state index in [9.17, 15) is 8.60 Å². The first-order valence-electron chi connectivity index (χ1n) is 6.55. The van der Waals surface area contributed by atoms with E-state index < -0.39 is 10.8 Å². The van der Waals surface area contributed by atoms with Gasteiger partial charge in [0.1, 0.15) is 11.6 Å². The second-order valence-electron chi connectivity index (χ2n) is 4.85. The van der Waals surface area contributed by atoms with Gasteiger partial charge >= 0.3 is 0 Å².